The Morgan fingerprint density at radius 3 is 2.20 bits per heavy atom. The molecule has 1 heterocycles. The fraction of sp³-hybridized carbons (Fsp3) is 0.316. The van der Waals surface area contributed by atoms with Gasteiger partial charge in [-0.1, -0.05) is 18.2 Å². The van der Waals surface area contributed by atoms with Crippen molar-refractivity contribution in [1.82, 2.24) is 9.62 Å². The van der Waals surface area contributed by atoms with E-state index in [1.54, 1.807) is 18.2 Å². The van der Waals surface area contributed by atoms with E-state index in [1.807, 2.05) is 0 Å². The minimum absolute atomic E-state index is 0.0269. The van der Waals surface area contributed by atoms with Crippen LogP contribution in [0, 0.1) is 0 Å². The minimum Gasteiger partial charge on any atom is -0.379 e. The number of amides is 1. The number of nitrogens with one attached hydrogen (secondary N) is 2. The number of morpholine rings is 1. The van der Waals surface area contributed by atoms with E-state index in [-0.39, 0.29) is 17.2 Å². The third-order valence-electron chi connectivity index (χ3n) is 4.46. The zero-order valence-electron chi connectivity index (χ0n) is 16.2. The average Bonchev–Trinajstić information content (AvgIpc) is 2.75. The van der Waals surface area contributed by atoms with Crippen LogP contribution in [0.5, 0.6) is 0 Å². The van der Waals surface area contributed by atoms with Gasteiger partial charge in [0, 0.05) is 30.9 Å². The van der Waals surface area contributed by atoms with Crippen molar-refractivity contribution in [2.24, 2.45) is 0 Å². The number of hydrogen-bond donors (Lipinski definition) is 2. The van der Waals surface area contributed by atoms with Gasteiger partial charge in [-0.05, 0) is 36.4 Å². The maximum Gasteiger partial charge on any atom is 0.261 e. The molecule has 1 aliphatic heterocycles. The van der Waals surface area contributed by atoms with Crippen molar-refractivity contribution < 1.29 is 26.4 Å². The monoisotopic (exact) mass is 453 g/mol. The lowest BCUT2D eigenvalue weighted by atomic mass is 10.2. The van der Waals surface area contributed by atoms with Gasteiger partial charge in [0.15, 0.2) is 0 Å². The van der Waals surface area contributed by atoms with Crippen molar-refractivity contribution >= 4 is 31.6 Å². The van der Waals surface area contributed by atoms with Crippen molar-refractivity contribution in [3.05, 3.63) is 60.2 Å². The Bertz CT molecular complexity index is 1070. The predicted octanol–water partition coefficient (Wildman–Crippen LogP) is 0.879. The Morgan fingerprint density at radius 1 is 0.933 bits per heavy atom. The molecule has 0 atom stereocenters. The van der Waals surface area contributed by atoms with E-state index < -0.39 is 26.0 Å². The normalized spacial score (nSPS) is 15.5. The summed E-state index contributed by atoms with van der Waals surface area (Å²) < 4.78 is 58.1. The molecule has 162 valence electrons. The molecule has 0 aliphatic carbocycles. The summed E-state index contributed by atoms with van der Waals surface area (Å²) >= 11 is 0. The highest BCUT2D eigenvalue weighted by molar-refractivity contribution is 7.92. The molecule has 0 spiro atoms. The number of nitrogens with zero attached hydrogens (tertiary/aromatic N) is 1. The van der Waals surface area contributed by atoms with Crippen molar-refractivity contribution in [2.75, 3.05) is 43.3 Å². The van der Waals surface area contributed by atoms with Crippen LogP contribution in [-0.4, -0.2) is 65.6 Å². The largest absolute Gasteiger partial charge is 0.379 e. The first-order valence-electron chi connectivity index (χ1n) is 9.30. The first-order chi connectivity index (χ1) is 14.3. The molecule has 2 N–H and O–H groups in total. The van der Waals surface area contributed by atoms with E-state index in [0.29, 0.717) is 37.6 Å². The Morgan fingerprint density at radius 2 is 1.57 bits per heavy atom. The lowest BCUT2D eigenvalue weighted by molar-refractivity contribution is 0.0730. The standard InChI is InChI=1S/C19H23N3O6S2/c23-19(20-10-15-29(24,25)22-11-13-28-14-12-22)16-6-8-17(9-7-16)21-30(26,27)18-4-2-1-3-5-18/h1-9,21H,10-15H2,(H,20,23). The Kier molecular flexibility index (Phi) is 7.08. The molecule has 1 fully saturated rings. The lowest BCUT2D eigenvalue weighted by Crippen LogP contribution is -2.43. The molecule has 1 aliphatic rings. The zero-order chi connectivity index (χ0) is 21.6. The highest BCUT2D eigenvalue weighted by Crippen LogP contribution is 2.16. The second kappa shape index (κ2) is 9.56. The van der Waals surface area contributed by atoms with E-state index >= 15 is 0 Å². The number of carbonyl (C=O) groups excluding carboxylic acids is 1. The van der Waals surface area contributed by atoms with E-state index in [2.05, 4.69) is 10.0 Å². The molecular weight excluding hydrogens is 430 g/mol. The number of ether oxygens (including phenoxy) is 1. The summed E-state index contributed by atoms with van der Waals surface area (Å²) in [5.41, 5.74) is 0.603. The molecule has 0 aromatic heterocycles. The second-order valence-electron chi connectivity index (χ2n) is 6.58. The minimum atomic E-state index is -3.72. The fourth-order valence-corrected chi connectivity index (χ4v) is 5.26. The van der Waals surface area contributed by atoms with Crippen molar-refractivity contribution in [3.63, 3.8) is 0 Å². The summed E-state index contributed by atoms with van der Waals surface area (Å²) in [4.78, 5) is 12.4. The first-order valence-corrected chi connectivity index (χ1v) is 12.4. The third-order valence-corrected chi connectivity index (χ3v) is 7.73. The summed E-state index contributed by atoms with van der Waals surface area (Å²) in [5, 5.41) is 2.57. The Balaban J connectivity index is 1.54. The van der Waals surface area contributed by atoms with E-state index in [9.17, 15) is 21.6 Å². The Hall–Kier alpha value is -2.47. The molecule has 3 rings (SSSR count). The number of carbonyl (C=O) groups is 1. The van der Waals surface area contributed by atoms with Crippen LogP contribution in [0.2, 0.25) is 0 Å². The molecular formula is C19H23N3O6S2. The second-order valence-corrected chi connectivity index (χ2v) is 10.4. The van der Waals surface area contributed by atoms with Crippen LogP contribution in [0.25, 0.3) is 0 Å². The number of hydrogen-bond acceptors (Lipinski definition) is 6. The molecule has 1 saturated heterocycles. The summed E-state index contributed by atoms with van der Waals surface area (Å²) in [6.45, 7) is 1.34. The van der Waals surface area contributed by atoms with Crippen LogP contribution in [0.4, 0.5) is 5.69 Å². The van der Waals surface area contributed by atoms with E-state index in [1.165, 1.54) is 40.7 Å². The molecule has 0 saturated carbocycles. The van der Waals surface area contributed by atoms with Gasteiger partial charge in [0.2, 0.25) is 10.0 Å². The number of anilines is 1. The number of benzene rings is 2. The summed E-state index contributed by atoms with van der Waals surface area (Å²) in [5.74, 6) is -0.641. The highest BCUT2D eigenvalue weighted by atomic mass is 32.2. The van der Waals surface area contributed by atoms with Crippen molar-refractivity contribution in [3.8, 4) is 0 Å². The van der Waals surface area contributed by atoms with Gasteiger partial charge in [0.05, 0.1) is 23.9 Å². The van der Waals surface area contributed by atoms with Crippen molar-refractivity contribution in [2.45, 2.75) is 4.90 Å². The molecule has 0 radical (unpaired) electrons. The van der Waals surface area contributed by atoms with E-state index in [4.69, 9.17) is 4.74 Å². The van der Waals surface area contributed by atoms with Crippen LogP contribution in [0.1, 0.15) is 10.4 Å². The van der Waals surface area contributed by atoms with Gasteiger partial charge in [-0.25, -0.2) is 16.8 Å². The number of rotatable bonds is 8. The van der Waals surface area contributed by atoms with Crippen LogP contribution < -0.4 is 10.0 Å². The maximum absolute atomic E-state index is 12.3. The molecule has 2 aromatic rings. The molecule has 11 heteroatoms. The quantitative estimate of drug-likeness (QED) is 0.612. The average molecular weight is 454 g/mol. The van der Waals surface area contributed by atoms with Crippen LogP contribution in [-0.2, 0) is 24.8 Å². The molecule has 2 aromatic carbocycles. The molecule has 0 bridgehead atoms. The maximum atomic E-state index is 12.3. The highest BCUT2D eigenvalue weighted by Gasteiger charge is 2.24. The number of sulfonamides is 2. The van der Waals surface area contributed by atoms with Crippen LogP contribution >= 0.6 is 0 Å². The van der Waals surface area contributed by atoms with Crippen LogP contribution in [0.3, 0.4) is 0 Å². The van der Waals surface area contributed by atoms with Gasteiger partial charge in [-0.3, -0.25) is 9.52 Å². The summed E-state index contributed by atoms with van der Waals surface area (Å²) in [7, 11) is -7.17. The summed E-state index contributed by atoms with van der Waals surface area (Å²) in [6, 6.07) is 13.8. The SMILES string of the molecule is O=C(NCCS(=O)(=O)N1CCOCC1)c1ccc(NS(=O)(=O)c2ccccc2)cc1. The first kappa shape index (κ1) is 22.2. The van der Waals surface area contributed by atoms with Gasteiger partial charge >= 0.3 is 0 Å². The van der Waals surface area contributed by atoms with Gasteiger partial charge in [0.1, 0.15) is 0 Å². The van der Waals surface area contributed by atoms with Crippen molar-refractivity contribution in [1.29, 1.82) is 0 Å². The lowest BCUT2D eigenvalue weighted by Gasteiger charge is -2.26. The molecule has 1 amide bonds. The fourth-order valence-electron chi connectivity index (χ4n) is 2.85. The Labute approximate surface area is 176 Å². The smallest absolute Gasteiger partial charge is 0.261 e. The molecule has 30 heavy (non-hydrogen) atoms. The van der Waals surface area contributed by atoms with E-state index in [0.717, 1.165) is 0 Å². The van der Waals surface area contributed by atoms with Gasteiger partial charge in [-0.15, -0.1) is 0 Å². The predicted molar refractivity (Wildman–Crippen MR) is 112 cm³/mol. The van der Waals surface area contributed by atoms with Crippen LogP contribution in [0.15, 0.2) is 59.5 Å². The van der Waals surface area contributed by atoms with Gasteiger partial charge < -0.3 is 10.1 Å². The topological polar surface area (TPSA) is 122 Å². The molecule has 9 nitrogen and oxygen atoms in total. The third kappa shape index (κ3) is 5.79. The molecule has 0 unspecified atom stereocenters. The zero-order valence-corrected chi connectivity index (χ0v) is 17.8. The van der Waals surface area contributed by atoms with Gasteiger partial charge in [-0.2, -0.15) is 4.31 Å². The summed E-state index contributed by atoms with van der Waals surface area (Å²) in [6.07, 6.45) is 0. The van der Waals surface area contributed by atoms with Gasteiger partial charge in [0.25, 0.3) is 15.9 Å².